The quantitative estimate of drug-likeness (QED) is 0.906. The molecule has 0 aliphatic carbocycles. The van der Waals surface area contributed by atoms with Crippen molar-refractivity contribution in [3.63, 3.8) is 0 Å². The second-order valence-electron chi connectivity index (χ2n) is 6.04. The highest BCUT2D eigenvalue weighted by molar-refractivity contribution is 6.30. The molecule has 2 nitrogen and oxygen atoms in total. The lowest BCUT2D eigenvalue weighted by Gasteiger charge is -2.28. The summed E-state index contributed by atoms with van der Waals surface area (Å²) in [6.07, 6.45) is 1.27. The first-order valence-electron chi connectivity index (χ1n) is 7.18. The summed E-state index contributed by atoms with van der Waals surface area (Å²) in [7, 11) is 2.23. The van der Waals surface area contributed by atoms with Gasteiger partial charge in [-0.15, -0.1) is 0 Å². The Balaban J connectivity index is 2.18. The molecule has 2 atom stereocenters. The number of likely N-dealkylation sites (tertiary alicyclic amines) is 1. The SMILES string of the molecule is Cc1cc(Cl)ccc1C1C(CNC(C)C)CCN1C. The molecular weight excluding hydrogens is 256 g/mol. The van der Waals surface area contributed by atoms with Crippen LogP contribution in [0.25, 0.3) is 0 Å². The first-order chi connectivity index (χ1) is 8.99. The van der Waals surface area contributed by atoms with E-state index in [1.807, 2.05) is 6.07 Å². The Morgan fingerprint density at radius 1 is 1.42 bits per heavy atom. The summed E-state index contributed by atoms with van der Waals surface area (Å²) in [5, 5.41) is 4.42. The number of benzene rings is 1. The Morgan fingerprint density at radius 2 is 2.16 bits per heavy atom. The largest absolute Gasteiger partial charge is 0.314 e. The molecule has 106 valence electrons. The minimum absolute atomic E-state index is 0.517. The van der Waals surface area contributed by atoms with Gasteiger partial charge in [-0.3, -0.25) is 4.90 Å². The number of hydrogen-bond acceptors (Lipinski definition) is 2. The lowest BCUT2D eigenvalue weighted by atomic mass is 9.91. The van der Waals surface area contributed by atoms with Crippen molar-refractivity contribution < 1.29 is 0 Å². The van der Waals surface area contributed by atoms with E-state index in [4.69, 9.17) is 11.6 Å². The van der Waals surface area contributed by atoms with Crippen LogP contribution in [0.15, 0.2) is 18.2 Å². The van der Waals surface area contributed by atoms with Gasteiger partial charge in [-0.2, -0.15) is 0 Å². The van der Waals surface area contributed by atoms with Crippen molar-refractivity contribution in [1.29, 1.82) is 0 Å². The van der Waals surface area contributed by atoms with E-state index >= 15 is 0 Å². The lowest BCUT2D eigenvalue weighted by molar-refractivity contribution is 0.268. The maximum absolute atomic E-state index is 6.07. The monoisotopic (exact) mass is 280 g/mol. The molecule has 1 aliphatic heterocycles. The standard InChI is InChI=1S/C16H25ClN2/c1-11(2)18-10-13-7-8-19(4)16(13)15-6-5-14(17)9-12(15)3/h5-6,9,11,13,16,18H,7-8,10H2,1-4H3. The average molecular weight is 281 g/mol. The zero-order chi connectivity index (χ0) is 14.0. The van der Waals surface area contributed by atoms with Gasteiger partial charge in [-0.1, -0.05) is 31.5 Å². The number of halogens is 1. The fourth-order valence-electron chi connectivity index (χ4n) is 3.09. The van der Waals surface area contributed by atoms with E-state index in [9.17, 15) is 0 Å². The van der Waals surface area contributed by atoms with E-state index in [0.717, 1.165) is 11.6 Å². The Hall–Kier alpha value is -0.570. The van der Waals surface area contributed by atoms with Crippen LogP contribution in [0.2, 0.25) is 5.02 Å². The second kappa shape index (κ2) is 6.25. The zero-order valence-corrected chi connectivity index (χ0v) is 13.2. The van der Waals surface area contributed by atoms with E-state index in [-0.39, 0.29) is 0 Å². The van der Waals surface area contributed by atoms with Crippen molar-refractivity contribution >= 4 is 11.6 Å². The van der Waals surface area contributed by atoms with Crippen LogP contribution < -0.4 is 5.32 Å². The van der Waals surface area contributed by atoms with Crippen molar-refractivity contribution in [2.24, 2.45) is 5.92 Å². The number of nitrogens with zero attached hydrogens (tertiary/aromatic N) is 1. The molecule has 2 unspecified atom stereocenters. The summed E-state index contributed by atoms with van der Waals surface area (Å²) in [5.41, 5.74) is 2.74. The second-order valence-corrected chi connectivity index (χ2v) is 6.47. The molecule has 1 saturated heterocycles. The molecule has 0 saturated carbocycles. The normalized spacial score (nSPS) is 24.3. The molecule has 19 heavy (non-hydrogen) atoms. The number of rotatable bonds is 4. The zero-order valence-electron chi connectivity index (χ0n) is 12.4. The van der Waals surface area contributed by atoms with Crippen molar-refractivity contribution in [1.82, 2.24) is 10.2 Å². The van der Waals surface area contributed by atoms with Crippen LogP contribution in [0, 0.1) is 12.8 Å². The molecule has 0 amide bonds. The maximum Gasteiger partial charge on any atom is 0.0408 e. The summed E-state index contributed by atoms with van der Waals surface area (Å²) < 4.78 is 0. The van der Waals surface area contributed by atoms with E-state index in [2.05, 4.69) is 50.2 Å². The first kappa shape index (κ1) is 14.8. The van der Waals surface area contributed by atoms with E-state index in [1.54, 1.807) is 0 Å². The minimum atomic E-state index is 0.517. The van der Waals surface area contributed by atoms with Crippen LogP contribution in [0.5, 0.6) is 0 Å². The van der Waals surface area contributed by atoms with Crippen LogP contribution in [0.3, 0.4) is 0 Å². The molecule has 0 radical (unpaired) electrons. The predicted octanol–water partition coefficient (Wildman–Crippen LogP) is 3.64. The van der Waals surface area contributed by atoms with Gasteiger partial charge in [0.1, 0.15) is 0 Å². The fourth-order valence-corrected chi connectivity index (χ4v) is 3.32. The molecule has 0 aromatic heterocycles. The molecule has 3 heteroatoms. The first-order valence-corrected chi connectivity index (χ1v) is 7.56. The third-order valence-electron chi connectivity index (χ3n) is 4.11. The molecule has 0 spiro atoms. The van der Waals surface area contributed by atoms with Gasteiger partial charge in [0.05, 0.1) is 0 Å². The summed E-state index contributed by atoms with van der Waals surface area (Å²) in [5.74, 6) is 0.687. The Labute approximate surface area is 122 Å². The predicted molar refractivity (Wildman–Crippen MR) is 82.8 cm³/mol. The van der Waals surface area contributed by atoms with Gasteiger partial charge in [0, 0.05) is 23.7 Å². The lowest BCUT2D eigenvalue weighted by Crippen LogP contribution is -2.32. The molecule has 1 heterocycles. The van der Waals surface area contributed by atoms with Crippen LogP contribution >= 0.6 is 11.6 Å². The van der Waals surface area contributed by atoms with Crippen LogP contribution in [-0.4, -0.2) is 31.1 Å². The van der Waals surface area contributed by atoms with Gasteiger partial charge in [0.15, 0.2) is 0 Å². The van der Waals surface area contributed by atoms with Gasteiger partial charge >= 0.3 is 0 Å². The van der Waals surface area contributed by atoms with E-state index in [1.165, 1.54) is 24.1 Å². The third-order valence-corrected chi connectivity index (χ3v) is 4.35. The Morgan fingerprint density at radius 3 is 2.79 bits per heavy atom. The molecular formula is C16H25ClN2. The number of nitrogens with one attached hydrogen (secondary N) is 1. The van der Waals surface area contributed by atoms with E-state index in [0.29, 0.717) is 18.0 Å². The topological polar surface area (TPSA) is 15.3 Å². The van der Waals surface area contributed by atoms with Crippen LogP contribution in [0.4, 0.5) is 0 Å². The average Bonchev–Trinajstić information content (AvgIpc) is 2.68. The van der Waals surface area contributed by atoms with Gasteiger partial charge in [-0.25, -0.2) is 0 Å². The van der Waals surface area contributed by atoms with Gasteiger partial charge in [-0.05, 0) is 56.1 Å². The van der Waals surface area contributed by atoms with Crippen molar-refractivity contribution in [3.8, 4) is 0 Å². The smallest absolute Gasteiger partial charge is 0.0408 e. The summed E-state index contributed by atoms with van der Waals surface area (Å²) >= 11 is 6.07. The Bertz CT molecular complexity index is 431. The highest BCUT2D eigenvalue weighted by atomic mass is 35.5. The molecule has 1 aliphatic rings. The fraction of sp³-hybridized carbons (Fsp3) is 0.625. The summed E-state index contributed by atoms with van der Waals surface area (Å²) in [6.45, 7) is 8.86. The van der Waals surface area contributed by atoms with Crippen molar-refractivity contribution in [2.75, 3.05) is 20.1 Å². The number of hydrogen-bond donors (Lipinski definition) is 1. The highest BCUT2D eigenvalue weighted by Gasteiger charge is 2.33. The van der Waals surface area contributed by atoms with Crippen LogP contribution in [-0.2, 0) is 0 Å². The molecule has 2 rings (SSSR count). The Kier molecular flexibility index (Phi) is 4.88. The molecule has 0 bridgehead atoms. The molecule has 1 aromatic carbocycles. The highest BCUT2D eigenvalue weighted by Crippen LogP contribution is 2.37. The van der Waals surface area contributed by atoms with Gasteiger partial charge in [0.25, 0.3) is 0 Å². The van der Waals surface area contributed by atoms with Gasteiger partial charge in [0.2, 0.25) is 0 Å². The van der Waals surface area contributed by atoms with Crippen molar-refractivity contribution in [3.05, 3.63) is 34.3 Å². The third kappa shape index (κ3) is 3.50. The molecule has 1 fully saturated rings. The molecule has 1 N–H and O–H groups in total. The van der Waals surface area contributed by atoms with E-state index < -0.39 is 0 Å². The van der Waals surface area contributed by atoms with Crippen molar-refractivity contribution in [2.45, 2.75) is 39.3 Å². The molecule has 1 aromatic rings. The summed E-state index contributed by atoms with van der Waals surface area (Å²) in [4.78, 5) is 2.48. The maximum atomic E-state index is 6.07. The minimum Gasteiger partial charge on any atom is -0.314 e. The number of aryl methyl sites for hydroxylation is 1. The van der Waals surface area contributed by atoms with Gasteiger partial charge < -0.3 is 5.32 Å². The summed E-state index contributed by atoms with van der Waals surface area (Å²) in [6, 6.07) is 7.37. The van der Waals surface area contributed by atoms with Crippen LogP contribution in [0.1, 0.15) is 37.4 Å².